The lowest BCUT2D eigenvalue weighted by Crippen LogP contribution is -2.31. The van der Waals surface area contributed by atoms with Crippen LogP contribution in [0.4, 0.5) is 8.78 Å². The van der Waals surface area contributed by atoms with Gasteiger partial charge < -0.3 is 10.2 Å². The van der Waals surface area contributed by atoms with Crippen LogP contribution >= 0.6 is 0 Å². The zero-order chi connectivity index (χ0) is 13.5. The van der Waals surface area contributed by atoms with Crippen molar-refractivity contribution in [1.82, 2.24) is 10.2 Å². The lowest BCUT2D eigenvalue weighted by molar-refractivity contribution is 0.302. The van der Waals surface area contributed by atoms with Crippen LogP contribution in [-0.2, 0) is 6.54 Å². The molecule has 0 heterocycles. The van der Waals surface area contributed by atoms with Crippen LogP contribution in [0.1, 0.15) is 25.0 Å². The summed E-state index contributed by atoms with van der Waals surface area (Å²) in [6.07, 6.45) is 0. The van der Waals surface area contributed by atoms with Gasteiger partial charge in [0.05, 0.1) is 0 Å². The Morgan fingerprint density at radius 2 is 1.78 bits per heavy atom. The van der Waals surface area contributed by atoms with Crippen molar-refractivity contribution < 1.29 is 8.78 Å². The molecular formula is C14H22F2N2. The minimum Gasteiger partial charge on any atom is -0.311 e. The van der Waals surface area contributed by atoms with Crippen LogP contribution in [0.25, 0.3) is 0 Å². The Morgan fingerprint density at radius 1 is 1.11 bits per heavy atom. The molecular weight excluding hydrogens is 234 g/mol. The van der Waals surface area contributed by atoms with E-state index in [1.165, 1.54) is 0 Å². The van der Waals surface area contributed by atoms with E-state index in [0.29, 0.717) is 17.7 Å². The fourth-order valence-electron chi connectivity index (χ4n) is 1.85. The number of aryl methyl sites for hydroxylation is 1. The van der Waals surface area contributed by atoms with Gasteiger partial charge in [-0.15, -0.1) is 0 Å². The number of nitrogens with one attached hydrogen (secondary N) is 1. The molecule has 0 bridgehead atoms. The molecule has 0 amide bonds. The second-order valence-corrected chi connectivity index (χ2v) is 4.40. The molecule has 0 radical (unpaired) electrons. The van der Waals surface area contributed by atoms with Gasteiger partial charge in [-0.1, -0.05) is 13.8 Å². The number of halogens is 2. The van der Waals surface area contributed by atoms with E-state index in [2.05, 4.69) is 24.1 Å². The number of hydrogen-bond acceptors (Lipinski definition) is 2. The topological polar surface area (TPSA) is 15.3 Å². The minimum absolute atomic E-state index is 0.439. The largest absolute Gasteiger partial charge is 0.311 e. The second-order valence-electron chi connectivity index (χ2n) is 4.40. The van der Waals surface area contributed by atoms with Gasteiger partial charge in [0.15, 0.2) is 0 Å². The highest BCUT2D eigenvalue weighted by atomic mass is 19.1. The Bertz CT molecular complexity index is 376. The maximum absolute atomic E-state index is 13.5. The Balaban J connectivity index is 2.42. The molecule has 1 N–H and O–H groups in total. The standard InChI is InChI=1S/C14H22F2N2/c1-4-18(5-2)7-6-17-10-12-8-11(3)13(15)9-14(12)16/h8-9,17H,4-7,10H2,1-3H3. The molecule has 18 heavy (non-hydrogen) atoms. The van der Waals surface area contributed by atoms with Gasteiger partial charge >= 0.3 is 0 Å². The molecule has 102 valence electrons. The lowest BCUT2D eigenvalue weighted by atomic mass is 10.1. The molecule has 1 aromatic rings. The van der Waals surface area contributed by atoms with E-state index in [1.807, 2.05) is 0 Å². The predicted octanol–water partition coefficient (Wildman–Crippen LogP) is 2.70. The maximum Gasteiger partial charge on any atom is 0.130 e. The highest BCUT2D eigenvalue weighted by Crippen LogP contribution is 2.13. The molecule has 0 aliphatic heterocycles. The zero-order valence-electron chi connectivity index (χ0n) is 11.4. The fraction of sp³-hybridized carbons (Fsp3) is 0.571. The lowest BCUT2D eigenvalue weighted by Gasteiger charge is -2.18. The van der Waals surface area contributed by atoms with Crippen molar-refractivity contribution in [1.29, 1.82) is 0 Å². The summed E-state index contributed by atoms with van der Waals surface area (Å²) in [5.74, 6) is -0.965. The van der Waals surface area contributed by atoms with E-state index >= 15 is 0 Å². The number of rotatable bonds is 7. The molecule has 0 atom stereocenters. The number of likely N-dealkylation sites (N-methyl/N-ethyl adjacent to an activating group) is 1. The first kappa shape index (κ1) is 15.1. The smallest absolute Gasteiger partial charge is 0.130 e. The van der Waals surface area contributed by atoms with Crippen LogP contribution < -0.4 is 5.32 Å². The summed E-state index contributed by atoms with van der Waals surface area (Å²) >= 11 is 0. The van der Waals surface area contributed by atoms with Crippen LogP contribution in [0.5, 0.6) is 0 Å². The third-order valence-electron chi connectivity index (χ3n) is 3.14. The van der Waals surface area contributed by atoms with Crippen molar-refractivity contribution in [2.45, 2.75) is 27.3 Å². The van der Waals surface area contributed by atoms with E-state index < -0.39 is 11.6 Å². The monoisotopic (exact) mass is 256 g/mol. The molecule has 0 fully saturated rings. The van der Waals surface area contributed by atoms with Gasteiger partial charge in [-0.2, -0.15) is 0 Å². The van der Waals surface area contributed by atoms with Crippen LogP contribution in [0.2, 0.25) is 0 Å². The summed E-state index contributed by atoms with van der Waals surface area (Å²) in [7, 11) is 0. The predicted molar refractivity (Wildman–Crippen MR) is 70.6 cm³/mol. The first-order valence-electron chi connectivity index (χ1n) is 6.46. The van der Waals surface area contributed by atoms with Crippen LogP contribution in [-0.4, -0.2) is 31.1 Å². The minimum atomic E-state index is -0.487. The van der Waals surface area contributed by atoms with E-state index in [0.717, 1.165) is 32.2 Å². The van der Waals surface area contributed by atoms with E-state index in [-0.39, 0.29) is 0 Å². The van der Waals surface area contributed by atoms with E-state index in [1.54, 1.807) is 13.0 Å². The number of nitrogens with zero attached hydrogens (tertiary/aromatic N) is 1. The molecule has 0 aliphatic rings. The zero-order valence-corrected chi connectivity index (χ0v) is 11.4. The Kier molecular flexibility index (Phi) is 6.22. The van der Waals surface area contributed by atoms with Crippen molar-refractivity contribution in [3.8, 4) is 0 Å². The molecule has 0 saturated heterocycles. The van der Waals surface area contributed by atoms with Gasteiger partial charge in [-0.25, -0.2) is 8.78 Å². The summed E-state index contributed by atoms with van der Waals surface area (Å²) in [4.78, 5) is 2.29. The SMILES string of the molecule is CCN(CC)CCNCc1cc(C)c(F)cc1F. The summed E-state index contributed by atoms with van der Waals surface area (Å²) in [5, 5.41) is 3.18. The highest BCUT2D eigenvalue weighted by molar-refractivity contribution is 5.25. The normalized spacial score (nSPS) is 11.2. The van der Waals surface area contributed by atoms with Gasteiger partial charge in [0.25, 0.3) is 0 Å². The Hall–Kier alpha value is -1.00. The molecule has 1 rings (SSSR count). The van der Waals surface area contributed by atoms with Crippen molar-refractivity contribution in [2.24, 2.45) is 0 Å². The Morgan fingerprint density at radius 3 is 2.39 bits per heavy atom. The van der Waals surface area contributed by atoms with E-state index in [9.17, 15) is 8.78 Å². The summed E-state index contributed by atoms with van der Waals surface area (Å²) in [6, 6.07) is 2.52. The first-order chi connectivity index (χ1) is 8.58. The van der Waals surface area contributed by atoms with Crippen LogP contribution in [0.15, 0.2) is 12.1 Å². The first-order valence-corrected chi connectivity index (χ1v) is 6.46. The molecule has 2 nitrogen and oxygen atoms in total. The van der Waals surface area contributed by atoms with E-state index in [4.69, 9.17) is 0 Å². The van der Waals surface area contributed by atoms with Crippen LogP contribution in [0, 0.1) is 18.6 Å². The fourth-order valence-corrected chi connectivity index (χ4v) is 1.85. The third kappa shape index (κ3) is 4.35. The van der Waals surface area contributed by atoms with Gasteiger partial charge in [0.2, 0.25) is 0 Å². The molecule has 0 aromatic heterocycles. The van der Waals surface area contributed by atoms with Crippen molar-refractivity contribution >= 4 is 0 Å². The summed E-state index contributed by atoms with van der Waals surface area (Å²) < 4.78 is 26.5. The quantitative estimate of drug-likeness (QED) is 0.755. The van der Waals surface area contributed by atoms with Crippen molar-refractivity contribution in [2.75, 3.05) is 26.2 Å². The molecule has 1 aromatic carbocycles. The molecule has 0 aliphatic carbocycles. The average molecular weight is 256 g/mol. The Labute approximate surface area is 108 Å². The second kappa shape index (κ2) is 7.44. The van der Waals surface area contributed by atoms with Gasteiger partial charge in [0, 0.05) is 31.3 Å². The molecule has 4 heteroatoms. The van der Waals surface area contributed by atoms with Gasteiger partial charge in [0.1, 0.15) is 11.6 Å². The van der Waals surface area contributed by atoms with Crippen molar-refractivity contribution in [3.05, 3.63) is 34.9 Å². The number of benzene rings is 1. The summed E-state index contributed by atoms with van der Waals surface area (Å²) in [5.41, 5.74) is 1.00. The average Bonchev–Trinajstić information content (AvgIpc) is 2.35. The third-order valence-corrected chi connectivity index (χ3v) is 3.14. The van der Waals surface area contributed by atoms with Crippen molar-refractivity contribution in [3.63, 3.8) is 0 Å². The highest BCUT2D eigenvalue weighted by Gasteiger charge is 2.07. The molecule has 0 saturated carbocycles. The summed E-state index contributed by atoms with van der Waals surface area (Å²) in [6.45, 7) is 10.1. The van der Waals surface area contributed by atoms with Gasteiger partial charge in [-0.05, 0) is 31.6 Å². The molecule has 0 unspecified atom stereocenters. The van der Waals surface area contributed by atoms with Gasteiger partial charge in [-0.3, -0.25) is 0 Å². The maximum atomic E-state index is 13.5. The van der Waals surface area contributed by atoms with Crippen LogP contribution in [0.3, 0.4) is 0 Å². The molecule has 0 spiro atoms. The number of hydrogen-bond donors (Lipinski definition) is 1.